The van der Waals surface area contributed by atoms with E-state index in [4.69, 9.17) is 4.74 Å². The molecule has 4 rings (SSSR count). The topological polar surface area (TPSA) is 82.1 Å². The quantitative estimate of drug-likeness (QED) is 0.737. The van der Waals surface area contributed by atoms with Gasteiger partial charge < -0.3 is 9.84 Å². The number of carbonyl (C=O) groups excluding carboxylic acids is 2. The SMILES string of the molecule is COCCN1C(=O)C2C(c3ccccc3O)NN(Cc3ccccc3)C2C1=O. The number of aromatic hydroxyl groups is 1. The molecule has 2 aromatic rings. The molecule has 3 unspecified atom stereocenters. The Morgan fingerprint density at radius 3 is 2.46 bits per heavy atom. The van der Waals surface area contributed by atoms with Crippen LogP contribution in [0.15, 0.2) is 54.6 Å². The van der Waals surface area contributed by atoms with Crippen LogP contribution in [0.3, 0.4) is 0 Å². The summed E-state index contributed by atoms with van der Waals surface area (Å²) in [6, 6.07) is 15.6. The van der Waals surface area contributed by atoms with E-state index in [0.717, 1.165) is 5.56 Å². The number of nitrogens with one attached hydrogen (secondary N) is 1. The molecule has 2 N–H and O–H groups in total. The molecule has 2 aliphatic heterocycles. The second kappa shape index (κ2) is 7.71. The first-order chi connectivity index (χ1) is 13.6. The minimum atomic E-state index is -0.617. The summed E-state index contributed by atoms with van der Waals surface area (Å²) in [5.41, 5.74) is 4.95. The molecule has 7 nitrogen and oxygen atoms in total. The van der Waals surface area contributed by atoms with Crippen molar-refractivity contribution in [1.82, 2.24) is 15.3 Å². The van der Waals surface area contributed by atoms with E-state index in [1.807, 2.05) is 41.4 Å². The van der Waals surface area contributed by atoms with Gasteiger partial charge in [-0.3, -0.25) is 14.5 Å². The van der Waals surface area contributed by atoms with Gasteiger partial charge in [0.15, 0.2) is 0 Å². The van der Waals surface area contributed by atoms with Crippen LogP contribution >= 0.6 is 0 Å². The Labute approximate surface area is 163 Å². The Hall–Kier alpha value is -2.74. The van der Waals surface area contributed by atoms with Gasteiger partial charge in [-0.2, -0.15) is 0 Å². The molecular weight excluding hydrogens is 358 g/mol. The van der Waals surface area contributed by atoms with Crippen LogP contribution in [0.1, 0.15) is 17.2 Å². The number of nitrogens with zero attached hydrogens (tertiary/aromatic N) is 2. The van der Waals surface area contributed by atoms with Gasteiger partial charge in [0.1, 0.15) is 11.8 Å². The fraction of sp³-hybridized carbons (Fsp3) is 0.333. The zero-order valence-corrected chi connectivity index (χ0v) is 15.6. The van der Waals surface area contributed by atoms with E-state index in [9.17, 15) is 14.7 Å². The highest BCUT2D eigenvalue weighted by Gasteiger charge is 2.58. The van der Waals surface area contributed by atoms with Crippen molar-refractivity contribution < 1.29 is 19.4 Å². The number of benzene rings is 2. The van der Waals surface area contributed by atoms with Crippen LogP contribution in [0, 0.1) is 5.92 Å². The van der Waals surface area contributed by atoms with Gasteiger partial charge in [0.25, 0.3) is 0 Å². The molecule has 0 aliphatic carbocycles. The monoisotopic (exact) mass is 381 g/mol. The third-order valence-electron chi connectivity index (χ3n) is 5.40. The van der Waals surface area contributed by atoms with Gasteiger partial charge in [-0.05, 0) is 11.6 Å². The molecule has 2 saturated heterocycles. The van der Waals surface area contributed by atoms with Crippen molar-refractivity contribution in [3.63, 3.8) is 0 Å². The number of phenolic OH excluding ortho intramolecular Hbond substituents is 1. The lowest BCUT2D eigenvalue weighted by Gasteiger charge is -2.25. The number of hydrazine groups is 1. The van der Waals surface area contributed by atoms with Crippen molar-refractivity contribution in [1.29, 1.82) is 0 Å². The minimum absolute atomic E-state index is 0.107. The zero-order valence-electron chi connectivity index (χ0n) is 15.6. The lowest BCUT2D eigenvalue weighted by molar-refractivity contribution is -0.142. The molecule has 28 heavy (non-hydrogen) atoms. The van der Waals surface area contributed by atoms with Gasteiger partial charge in [0.05, 0.1) is 25.1 Å². The summed E-state index contributed by atoms with van der Waals surface area (Å²) in [5, 5.41) is 12.2. The van der Waals surface area contributed by atoms with Crippen molar-refractivity contribution >= 4 is 11.8 Å². The number of imide groups is 1. The van der Waals surface area contributed by atoms with E-state index < -0.39 is 18.0 Å². The van der Waals surface area contributed by atoms with E-state index >= 15 is 0 Å². The van der Waals surface area contributed by atoms with Crippen molar-refractivity contribution in [2.75, 3.05) is 20.3 Å². The lowest BCUT2D eigenvalue weighted by Crippen LogP contribution is -2.45. The number of para-hydroxylation sites is 1. The van der Waals surface area contributed by atoms with Crippen LogP contribution in [0.5, 0.6) is 5.75 Å². The van der Waals surface area contributed by atoms with Gasteiger partial charge in [0, 0.05) is 19.2 Å². The summed E-state index contributed by atoms with van der Waals surface area (Å²) in [6.07, 6.45) is 0. The second-order valence-electron chi connectivity index (χ2n) is 7.07. The van der Waals surface area contributed by atoms with Gasteiger partial charge in [-0.15, -0.1) is 0 Å². The van der Waals surface area contributed by atoms with Crippen LogP contribution in [0.2, 0.25) is 0 Å². The molecule has 0 saturated carbocycles. The number of hydrogen-bond donors (Lipinski definition) is 2. The van der Waals surface area contributed by atoms with Crippen LogP contribution < -0.4 is 5.43 Å². The highest BCUT2D eigenvalue weighted by Crippen LogP contribution is 2.42. The molecule has 2 aliphatic rings. The maximum atomic E-state index is 13.1. The number of ether oxygens (including phenoxy) is 1. The highest BCUT2D eigenvalue weighted by molar-refractivity contribution is 6.08. The Kier molecular flexibility index (Phi) is 5.13. The molecule has 7 heteroatoms. The normalized spacial score (nSPS) is 24.8. The summed E-state index contributed by atoms with van der Waals surface area (Å²) in [5.74, 6) is -0.950. The van der Waals surface area contributed by atoms with E-state index in [2.05, 4.69) is 5.43 Å². The molecule has 2 fully saturated rings. The van der Waals surface area contributed by atoms with E-state index in [-0.39, 0.29) is 24.1 Å². The standard InChI is InChI=1S/C21H23N3O4/c1-28-12-11-23-20(26)17-18(15-9-5-6-10-16(15)25)22-24(19(17)21(23)27)13-14-7-3-2-4-8-14/h2-10,17-19,22,25H,11-13H2,1H3. The molecule has 0 aromatic heterocycles. The number of carbonyl (C=O) groups is 2. The summed E-state index contributed by atoms with van der Waals surface area (Å²) in [7, 11) is 1.54. The third-order valence-corrected chi connectivity index (χ3v) is 5.40. The van der Waals surface area contributed by atoms with Gasteiger partial charge in [-0.25, -0.2) is 10.4 Å². The predicted octanol–water partition coefficient (Wildman–Crippen LogP) is 1.45. The molecule has 2 heterocycles. The van der Waals surface area contributed by atoms with Crippen molar-refractivity contribution in [2.45, 2.75) is 18.6 Å². The summed E-state index contributed by atoms with van der Waals surface area (Å²) in [4.78, 5) is 27.5. The zero-order chi connectivity index (χ0) is 19.7. The van der Waals surface area contributed by atoms with Gasteiger partial charge in [0.2, 0.25) is 11.8 Å². The summed E-state index contributed by atoms with van der Waals surface area (Å²) in [6.45, 7) is 1.00. The number of phenols is 1. The van der Waals surface area contributed by atoms with Crippen LogP contribution in [-0.2, 0) is 20.9 Å². The Balaban J connectivity index is 1.69. The first-order valence-electron chi connectivity index (χ1n) is 9.30. The van der Waals surface area contributed by atoms with Crippen LogP contribution in [-0.4, -0.2) is 53.1 Å². The van der Waals surface area contributed by atoms with Crippen molar-refractivity contribution in [3.8, 4) is 5.75 Å². The van der Waals surface area contributed by atoms with E-state index in [1.165, 1.54) is 4.90 Å². The molecule has 3 atom stereocenters. The van der Waals surface area contributed by atoms with Crippen molar-refractivity contribution in [3.05, 3.63) is 65.7 Å². The molecule has 2 aromatic carbocycles. The second-order valence-corrected chi connectivity index (χ2v) is 7.07. The average Bonchev–Trinajstić information content (AvgIpc) is 3.18. The van der Waals surface area contributed by atoms with E-state index in [0.29, 0.717) is 18.7 Å². The third kappa shape index (κ3) is 3.17. The molecule has 0 spiro atoms. The highest BCUT2D eigenvalue weighted by atomic mass is 16.5. The molecule has 2 amide bonds. The first-order valence-corrected chi connectivity index (χ1v) is 9.30. The van der Waals surface area contributed by atoms with Crippen LogP contribution in [0.4, 0.5) is 0 Å². The molecule has 146 valence electrons. The largest absolute Gasteiger partial charge is 0.508 e. The fourth-order valence-electron chi connectivity index (χ4n) is 4.07. The lowest BCUT2D eigenvalue weighted by atomic mass is 9.90. The Morgan fingerprint density at radius 1 is 1.04 bits per heavy atom. The molecule has 0 bridgehead atoms. The molecular formula is C21H23N3O4. The molecule has 0 radical (unpaired) electrons. The van der Waals surface area contributed by atoms with E-state index in [1.54, 1.807) is 25.3 Å². The number of fused-ring (bicyclic) bond motifs is 1. The van der Waals surface area contributed by atoms with Crippen LogP contribution in [0.25, 0.3) is 0 Å². The predicted molar refractivity (Wildman–Crippen MR) is 102 cm³/mol. The number of rotatable bonds is 6. The Morgan fingerprint density at radius 2 is 1.75 bits per heavy atom. The number of amides is 2. The summed E-state index contributed by atoms with van der Waals surface area (Å²) >= 11 is 0. The maximum absolute atomic E-state index is 13.1. The van der Waals surface area contributed by atoms with Gasteiger partial charge in [-0.1, -0.05) is 48.5 Å². The Bertz CT molecular complexity index is 873. The minimum Gasteiger partial charge on any atom is -0.508 e. The van der Waals surface area contributed by atoms with Gasteiger partial charge >= 0.3 is 0 Å². The summed E-state index contributed by atoms with van der Waals surface area (Å²) < 4.78 is 5.06. The maximum Gasteiger partial charge on any atom is 0.248 e. The number of hydrogen-bond acceptors (Lipinski definition) is 6. The van der Waals surface area contributed by atoms with Crippen molar-refractivity contribution in [2.24, 2.45) is 5.92 Å². The number of likely N-dealkylation sites (tertiary alicyclic amines) is 1. The average molecular weight is 381 g/mol. The smallest absolute Gasteiger partial charge is 0.248 e. The fourth-order valence-corrected chi connectivity index (χ4v) is 4.07. The first kappa shape index (κ1) is 18.6. The number of methoxy groups -OCH3 is 1.